The molecule has 0 radical (unpaired) electrons. The van der Waals surface area contributed by atoms with Gasteiger partial charge in [-0.1, -0.05) is 12.1 Å². The number of aromatic nitrogens is 3. The summed E-state index contributed by atoms with van der Waals surface area (Å²) in [6, 6.07) is 14.5. The molecular weight excluding hydrogens is 346 g/mol. The number of hydrogen-bond acceptors (Lipinski definition) is 7. The number of methoxy groups -OCH3 is 1. The van der Waals surface area contributed by atoms with Crippen LogP contribution < -0.4 is 20.5 Å². The minimum absolute atomic E-state index is 0.148. The van der Waals surface area contributed by atoms with E-state index in [4.69, 9.17) is 9.47 Å². The van der Waals surface area contributed by atoms with Crippen molar-refractivity contribution >= 4 is 12.2 Å². The average molecular weight is 365 g/mol. The lowest BCUT2D eigenvalue weighted by Gasteiger charge is -2.04. The van der Waals surface area contributed by atoms with E-state index in [1.165, 1.54) is 0 Å². The summed E-state index contributed by atoms with van der Waals surface area (Å²) in [6.07, 6.45) is 1.60. The molecular formula is C19H19N5O3. The maximum Gasteiger partial charge on any atom is 0.279 e. The van der Waals surface area contributed by atoms with Crippen LogP contribution in [-0.4, -0.2) is 35.1 Å². The molecule has 3 aromatic rings. The fourth-order valence-corrected chi connectivity index (χ4v) is 2.34. The molecule has 0 aliphatic rings. The van der Waals surface area contributed by atoms with Gasteiger partial charge in [-0.2, -0.15) is 5.10 Å². The van der Waals surface area contributed by atoms with E-state index in [1.807, 2.05) is 31.2 Å². The monoisotopic (exact) mass is 365 g/mol. The Balaban J connectivity index is 1.70. The van der Waals surface area contributed by atoms with E-state index in [2.05, 4.69) is 25.7 Å². The first-order chi connectivity index (χ1) is 13.2. The molecule has 1 heterocycles. The number of benzene rings is 2. The highest BCUT2D eigenvalue weighted by Gasteiger charge is 2.07. The number of nitrogens with one attached hydrogen (secondary N) is 2. The molecule has 0 spiro atoms. The Morgan fingerprint density at radius 3 is 2.67 bits per heavy atom. The number of aromatic amines is 1. The number of nitrogens with zero attached hydrogens (tertiary/aromatic N) is 3. The summed E-state index contributed by atoms with van der Waals surface area (Å²) >= 11 is 0. The first kappa shape index (κ1) is 18.1. The van der Waals surface area contributed by atoms with Gasteiger partial charge in [0.05, 0.1) is 19.9 Å². The molecule has 0 aliphatic carbocycles. The standard InChI is InChI=1S/C19H19N5O3/c1-3-27-16-6-4-5-13(11-16)12-20-23-19-21-18(25)17(22-24-19)14-7-9-15(26-2)10-8-14/h4-12H,3H2,1-2H3,(H2,21,23,24,25)/b20-12+. The second-order valence-corrected chi connectivity index (χ2v) is 5.46. The Labute approximate surface area is 155 Å². The number of hydrogen-bond donors (Lipinski definition) is 2. The molecule has 8 nitrogen and oxygen atoms in total. The van der Waals surface area contributed by atoms with Crippen molar-refractivity contribution in [1.29, 1.82) is 0 Å². The van der Waals surface area contributed by atoms with Crippen LogP contribution in [0.25, 0.3) is 11.3 Å². The first-order valence-electron chi connectivity index (χ1n) is 8.33. The lowest BCUT2D eigenvalue weighted by Crippen LogP contribution is -2.15. The second-order valence-electron chi connectivity index (χ2n) is 5.46. The summed E-state index contributed by atoms with van der Waals surface area (Å²) in [4.78, 5) is 14.9. The molecule has 0 saturated carbocycles. The number of rotatable bonds is 7. The largest absolute Gasteiger partial charge is 0.497 e. The van der Waals surface area contributed by atoms with Gasteiger partial charge in [0.1, 0.15) is 11.5 Å². The summed E-state index contributed by atoms with van der Waals surface area (Å²) in [5.74, 6) is 1.61. The Hall–Kier alpha value is -3.68. The Bertz CT molecular complexity index is 983. The summed E-state index contributed by atoms with van der Waals surface area (Å²) in [5, 5.41) is 12.0. The normalized spacial score (nSPS) is 10.7. The fourth-order valence-electron chi connectivity index (χ4n) is 2.34. The van der Waals surface area contributed by atoms with Crippen molar-refractivity contribution in [3.63, 3.8) is 0 Å². The maximum atomic E-state index is 12.2. The highest BCUT2D eigenvalue weighted by atomic mass is 16.5. The van der Waals surface area contributed by atoms with Crippen molar-refractivity contribution in [2.45, 2.75) is 6.92 Å². The van der Waals surface area contributed by atoms with Gasteiger partial charge in [0.15, 0.2) is 5.69 Å². The third-order valence-corrected chi connectivity index (χ3v) is 3.61. The number of H-pyrrole nitrogens is 1. The molecule has 0 saturated heterocycles. The van der Waals surface area contributed by atoms with E-state index in [-0.39, 0.29) is 17.2 Å². The van der Waals surface area contributed by atoms with Gasteiger partial charge in [0.2, 0.25) is 5.95 Å². The van der Waals surface area contributed by atoms with Crippen molar-refractivity contribution in [2.24, 2.45) is 5.10 Å². The van der Waals surface area contributed by atoms with E-state index in [0.29, 0.717) is 17.9 Å². The summed E-state index contributed by atoms with van der Waals surface area (Å²) < 4.78 is 10.5. The van der Waals surface area contributed by atoms with Crippen LogP contribution in [0.3, 0.4) is 0 Å². The van der Waals surface area contributed by atoms with Gasteiger partial charge in [-0.25, -0.2) is 5.43 Å². The van der Waals surface area contributed by atoms with Gasteiger partial charge in [0, 0.05) is 5.56 Å². The van der Waals surface area contributed by atoms with Crippen molar-refractivity contribution < 1.29 is 9.47 Å². The summed E-state index contributed by atoms with van der Waals surface area (Å²) in [6.45, 7) is 2.52. The molecule has 0 atom stereocenters. The van der Waals surface area contributed by atoms with Crippen LogP contribution >= 0.6 is 0 Å². The Morgan fingerprint density at radius 1 is 1.15 bits per heavy atom. The molecule has 2 N–H and O–H groups in total. The van der Waals surface area contributed by atoms with Crippen LogP contribution in [0.5, 0.6) is 11.5 Å². The van der Waals surface area contributed by atoms with Crippen molar-refractivity contribution in [2.75, 3.05) is 19.1 Å². The highest BCUT2D eigenvalue weighted by Crippen LogP contribution is 2.17. The zero-order chi connectivity index (χ0) is 19.1. The lowest BCUT2D eigenvalue weighted by atomic mass is 10.1. The zero-order valence-corrected chi connectivity index (χ0v) is 15.0. The predicted molar refractivity (Wildman–Crippen MR) is 103 cm³/mol. The molecule has 2 aromatic carbocycles. The zero-order valence-electron chi connectivity index (χ0n) is 15.0. The van der Waals surface area contributed by atoms with Gasteiger partial charge in [0.25, 0.3) is 5.56 Å². The lowest BCUT2D eigenvalue weighted by molar-refractivity contribution is 0.340. The molecule has 0 amide bonds. The minimum Gasteiger partial charge on any atom is -0.497 e. The fraction of sp³-hybridized carbons (Fsp3) is 0.158. The van der Waals surface area contributed by atoms with Crippen LogP contribution in [-0.2, 0) is 0 Å². The summed E-state index contributed by atoms with van der Waals surface area (Å²) in [5.41, 5.74) is 4.00. The average Bonchev–Trinajstić information content (AvgIpc) is 2.69. The molecule has 3 rings (SSSR count). The van der Waals surface area contributed by atoms with Crippen molar-refractivity contribution in [1.82, 2.24) is 15.2 Å². The topological polar surface area (TPSA) is 101 Å². The molecule has 138 valence electrons. The highest BCUT2D eigenvalue weighted by molar-refractivity contribution is 5.80. The van der Waals surface area contributed by atoms with Crippen LogP contribution in [0.1, 0.15) is 12.5 Å². The van der Waals surface area contributed by atoms with Crippen LogP contribution in [0.4, 0.5) is 5.95 Å². The van der Waals surface area contributed by atoms with Crippen LogP contribution in [0.2, 0.25) is 0 Å². The van der Waals surface area contributed by atoms with Crippen LogP contribution in [0, 0.1) is 0 Å². The van der Waals surface area contributed by atoms with Crippen LogP contribution in [0.15, 0.2) is 58.4 Å². The number of hydrazone groups is 1. The van der Waals surface area contributed by atoms with E-state index in [1.54, 1.807) is 37.6 Å². The molecule has 8 heteroatoms. The molecule has 27 heavy (non-hydrogen) atoms. The molecule has 0 fully saturated rings. The molecule has 0 unspecified atom stereocenters. The quantitative estimate of drug-likeness (QED) is 0.493. The molecule has 0 bridgehead atoms. The summed E-state index contributed by atoms with van der Waals surface area (Å²) in [7, 11) is 1.58. The number of ether oxygens (including phenoxy) is 2. The first-order valence-corrected chi connectivity index (χ1v) is 8.33. The van der Waals surface area contributed by atoms with Crippen molar-refractivity contribution in [3.8, 4) is 22.8 Å². The SMILES string of the molecule is CCOc1cccc(/C=N/Nc2nnc(-c3ccc(OC)cc3)c(=O)[nH]2)c1. The van der Waals surface area contributed by atoms with Gasteiger partial charge in [-0.15, -0.1) is 10.2 Å². The van der Waals surface area contributed by atoms with Gasteiger partial charge >= 0.3 is 0 Å². The van der Waals surface area contributed by atoms with Gasteiger partial charge < -0.3 is 9.47 Å². The minimum atomic E-state index is -0.369. The van der Waals surface area contributed by atoms with Crippen molar-refractivity contribution in [3.05, 3.63) is 64.4 Å². The van der Waals surface area contributed by atoms with E-state index < -0.39 is 0 Å². The van der Waals surface area contributed by atoms with E-state index in [9.17, 15) is 4.79 Å². The van der Waals surface area contributed by atoms with E-state index >= 15 is 0 Å². The Morgan fingerprint density at radius 2 is 1.96 bits per heavy atom. The Kier molecular flexibility index (Phi) is 5.78. The molecule has 0 aliphatic heterocycles. The smallest absolute Gasteiger partial charge is 0.279 e. The third-order valence-electron chi connectivity index (χ3n) is 3.61. The number of anilines is 1. The predicted octanol–water partition coefficient (Wildman–Crippen LogP) is 2.69. The van der Waals surface area contributed by atoms with E-state index in [0.717, 1.165) is 11.3 Å². The third kappa shape index (κ3) is 4.69. The van der Waals surface area contributed by atoms with Gasteiger partial charge in [-0.05, 0) is 48.9 Å². The molecule has 1 aromatic heterocycles. The second kappa shape index (κ2) is 8.61. The van der Waals surface area contributed by atoms with Gasteiger partial charge in [-0.3, -0.25) is 9.78 Å². The maximum absolute atomic E-state index is 12.2.